The molecule has 2 aromatic rings. The molecule has 1 aromatic heterocycles. The van der Waals surface area contributed by atoms with Crippen molar-refractivity contribution in [3.8, 4) is 5.75 Å². The Morgan fingerprint density at radius 2 is 1.92 bits per heavy atom. The van der Waals surface area contributed by atoms with Gasteiger partial charge in [-0.05, 0) is 51.5 Å². The van der Waals surface area contributed by atoms with E-state index in [4.69, 9.17) is 4.74 Å². The highest BCUT2D eigenvalue weighted by atomic mass is 32.2. The highest BCUT2D eigenvalue weighted by molar-refractivity contribution is 7.91. The maximum atomic E-state index is 11.6. The first-order valence-corrected chi connectivity index (χ1v) is 10.5. The predicted molar refractivity (Wildman–Crippen MR) is 103 cm³/mol. The van der Waals surface area contributed by atoms with Gasteiger partial charge in [-0.15, -0.1) is 0 Å². The molecule has 1 fully saturated rings. The van der Waals surface area contributed by atoms with Crippen LogP contribution >= 0.6 is 0 Å². The number of nitrogens with zero attached hydrogens (tertiary/aromatic N) is 2. The Morgan fingerprint density at radius 1 is 1.19 bits per heavy atom. The number of sulfone groups is 1. The van der Waals surface area contributed by atoms with Gasteiger partial charge in [-0.3, -0.25) is 0 Å². The van der Waals surface area contributed by atoms with E-state index in [1.54, 1.807) is 0 Å². The largest absolute Gasteiger partial charge is 0.491 e. The van der Waals surface area contributed by atoms with Crippen LogP contribution < -0.4 is 15.4 Å². The zero-order valence-corrected chi connectivity index (χ0v) is 16.0. The van der Waals surface area contributed by atoms with Crippen molar-refractivity contribution in [1.82, 2.24) is 9.97 Å². The van der Waals surface area contributed by atoms with Crippen molar-refractivity contribution >= 4 is 27.3 Å². The van der Waals surface area contributed by atoms with Gasteiger partial charge in [0.25, 0.3) is 0 Å². The molecule has 1 aliphatic rings. The van der Waals surface area contributed by atoms with Crippen molar-refractivity contribution in [2.75, 3.05) is 22.1 Å². The molecule has 140 valence electrons. The van der Waals surface area contributed by atoms with E-state index in [-0.39, 0.29) is 23.7 Å². The van der Waals surface area contributed by atoms with Crippen molar-refractivity contribution in [3.05, 3.63) is 36.0 Å². The van der Waals surface area contributed by atoms with Crippen LogP contribution in [0.5, 0.6) is 5.75 Å². The molecule has 1 atom stereocenters. The normalized spacial score (nSPS) is 18.7. The van der Waals surface area contributed by atoms with Gasteiger partial charge in [0.05, 0.1) is 17.6 Å². The van der Waals surface area contributed by atoms with Crippen LogP contribution in [0.15, 0.2) is 30.3 Å². The molecule has 1 saturated heterocycles. The number of hydrogen-bond donors (Lipinski definition) is 2. The molecule has 0 radical (unpaired) electrons. The topological polar surface area (TPSA) is 93.2 Å². The van der Waals surface area contributed by atoms with Crippen molar-refractivity contribution < 1.29 is 13.2 Å². The van der Waals surface area contributed by atoms with Gasteiger partial charge in [-0.2, -0.15) is 4.98 Å². The molecule has 1 unspecified atom stereocenters. The number of nitrogens with one attached hydrogen (secondary N) is 2. The van der Waals surface area contributed by atoms with Crippen LogP contribution in [-0.4, -0.2) is 42.0 Å². The van der Waals surface area contributed by atoms with Crippen molar-refractivity contribution in [2.45, 2.75) is 39.3 Å². The molecular weight excluding hydrogens is 352 g/mol. The van der Waals surface area contributed by atoms with Gasteiger partial charge in [0.15, 0.2) is 9.84 Å². The van der Waals surface area contributed by atoms with Gasteiger partial charge in [-0.1, -0.05) is 0 Å². The summed E-state index contributed by atoms with van der Waals surface area (Å²) in [4.78, 5) is 8.81. The lowest BCUT2D eigenvalue weighted by atomic mass is 10.3. The van der Waals surface area contributed by atoms with Crippen LogP contribution in [-0.2, 0) is 9.84 Å². The lowest BCUT2D eigenvalue weighted by Crippen LogP contribution is -2.22. The maximum absolute atomic E-state index is 11.6. The summed E-state index contributed by atoms with van der Waals surface area (Å²) in [5.74, 6) is 2.25. The molecule has 2 N–H and O–H groups in total. The second-order valence-corrected chi connectivity index (χ2v) is 9.01. The maximum Gasteiger partial charge on any atom is 0.225 e. The van der Waals surface area contributed by atoms with Crippen molar-refractivity contribution in [1.29, 1.82) is 0 Å². The fraction of sp³-hybridized carbons (Fsp3) is 0.444. The van der Waals surface area contributed by atoms with Gasteiger partial charge < -0.3 is 15.4 Å². The molecule has 0 spiro atoms. The first-order chi connectivity index (χ1) is 12.3. The van der Waals surface area contributed by atoms with Gasteiger partial charge >= 0.3 is 0 Å². The van der Waals surface area contributed by atoms with Crippen LogP contribution in [0, 0.1) is 6.92 Å². The third kappa shape index (κ3) is 5.08. The highest BCUT2D eigenvalue weighted by Gasteiger charge is 2.28. The van der Waals surface area contributed by atoms with Crippen LogP contribution in [0.3, 0.4) is 0 Å². The van der Waals surface area contributed by atoms with E-state index in [9.17, 15) is 8.42 Å². The highest BCUT2D eigenvalue weighted by Crippen LogP contribution is 2.22. The summed E-state index contributed by atoms with van der Waals surface area (Å²) in [6.45, 7) is 5.85. The number of hydrogen-bond acceptors (Lipinski definition) is 7. The zero-order valence-electron chi connectivity index (χ0n) is 15.2. The van der Waals surface area contributed by atoms with E-state index in [2.05, 4.69) is 20.6 Å². The second-order valence-electron chi connectivity index (χ2n) is 6.78. The third-order valence-corrected chi connectivity index (χ3v) is 5.69. The smallest absolute Gasteiger partial charge is 0.225 e. The minimum atomic E-state index is -2.94. The first-order valence-electron chi connectivity index (χ1n) is 8.65. The molecule has 0 aliphatic carbocycles. The molecule has 0 saturated carbocycles. The van der Waals surface area contributed by atoms with E-state index in [1.165, 1.54) is 0 Å². The summed E-state index contributed by atoms with van der Waals surface area (Å²) < 4.78 is 28.8. The Bertz CT molecular complexity index is 867. The van der Waals surface area contributed by atoms with Gasteiger partial charge in [0.1, 0.15) is 11.6 Å². The lowest BCUT2D eigenvalue weighted by Gasteiger charge is -2.14. The molecule has 26 heavy (non-hydrogen) atoms. The van der Waals surface area contributed by atoms with E-state index in [1.807, 2.05) is 51.1 Å². The molecule has 0 amide bonds. The average Bonchev–Trinajstić information content (AvgIpc) is 2.87. The second kappa shape index (κ2) is 7.49. The Morgan fingerprint density at radius 3 is 2.54 bits per heavy atom. The quantitative estimate of drug-likeness (QED) is 0.800. The van der Waals surface area contributed by atoms with E-state index >= 15 is 0 Å². The Labute approximate surface area is 154 Å². The average molecular weight is 376 g/mol. The number of benzene rings is 1. The third-order valence-electron chi connectivity index (χ3n) is 3.92. The molecule has 0 bridgehead atoms. The molecule has 1 aliphatic heterocycles. The fourth-order valence-corrected chi connectivity index (χ4v) is 4.50. The molecule has 3 rings (SSSR count). The van der Waals surface area contributed by atoms with Gasteiger partial charge in [0, 0.05) is 23.5 Å². The number of rotatable bonds is 6. The summed E-state index contributed by atoms with van der Waals surface area (Å²) in [5.41, 5.74) is 1.68. The van der Waals surface area contributed by atoms with E-state index < -0.39 is 9.84 Å². The lowest BCUT2D eigenvalue weighted by molar-refractivity contribution is 0.242. The molecule has 7 nitrogen and oxygen atoms in total. The van der Waals surface area contributed by atoms with Crippen LogP contribution in [0.2, 0.25) is 0 Å². The summed E-state index contributed by atoms with van der Waals surface area (Å²) in [6.07, 6.45) is 0.714. The van der Waals surface area contributed by atoms with Gasteiger partial charge in [0.2, 0.25) is 5.95 Å². The van der Waals surface area contributed by atoms with Crippen molar-refractivity contribution in [3.63, 3.8) is 0 Å². The number of anilines is 3. The number of ether oxygens (including phenoxy) is 1. The minimum absolute atomic E-state index is 0.129. The van der Waals surface area contributed by atoms with Crippen molar-refractivity contribution in [2.24, 2.45) is 0 Å². The van der Waals surface area contributed by atoms with E-state index in [0.29, 0.717) is 18.2 Å². The van der Waals surface area contributed by atoms with E-state index in [0.717, 1.165) is 17.1 Å². The predicted octanol–water partition coefficient (Wildman–Crippen LogP) is 2.91. The number of aromatic nitrogens is 2. The fourth-order valence-electron chi connectivity index (χ4n) is 2.83. The summed E-state index contributed by atoms with van der Waals surface area (Å²) in [6, 6.07) is 9.35. The summed E-state index contributed by atoms with van der Waals surface area (Å²) >= 11 is 0. The summed E-state index contributed by atoms with van der Waals surface area (Å²) in [7, 11) is -2.94. The molecule has 8 heteroatoms. The number of aryl methyl sites for hydroxylation is 1. The molecule has 2 heterocycles. The first kappa shape index (κ1) is 18.4. The Kier molecular flexibility index (Phi) is 5.31. The SMILES string of the molecule is Cc1cc(Nc2ccc(OC(C)C)cc2)nc(NC2CCS(=O)(=O)C2)n1. The van der Waals surface area contributed by atoms with Crippen LogP contribution in [0.4, 0.5) is 17.5 Å². The Hall–Kier alpha value is -2.35. The minimum Gasteiger partial charge on any atom is -0.491 e. The Balaban J connectivity index is 1.69. The zero-order chi connectivity index (χ0) is 18.7. The van der Waals surface area contributed by atoms with Gasteiger partial charge in [-0.25, -0.2) is 13.4 Å². The monoisotopic (exact) mass is 376 g/mol. The standard InChI is InChI=1S/C18H24N4O3S/c1-12(2)25-16-6-4-14(5-7-16)20-17-10-13(3)19-18(22-17)21-15-8-9-26(23,24)11-15/h4-7,10,12,15H,8-9,11H2,1-3H3,(H2,19,20,21,22). The van der Waals surface area contributed by atoms with Crippen LogP contribution in [0.1, 0.15) is 26.0 Å². The van der Waals surface area contributed by atoms with Crippen LogP contribution in [0.25, 0.3) is 0 Å². The molecular formula is C18H24N4O3S. The summed E-state index contributed by atoms with van der Waals surface area (Å²) in [5, 5.41) is 6.37. The molecule has 1 aromatic carbocycles.